The molecule has 4 bridgehead atoms. The topological polar surface area (TPSA) is 381 Å². The van der Waals surface area contributed by atoms with Crippen LogP contribution in [0.4, 0.5) is 4.79 Å². The third kappa shape index (κ3) is 34.6. The largest absolute Gasteiger partial charge is 0.490 e. The van der Waals surface area contributed by atoms with E-state index in [4.69, 9.17) is 48.4 Å². The summed E-state index contributed by atoms with van der Waals surface area (Å²) in [6, 6.07) is 79.2. The quantitative estimate of drug-likeness (QED) is 0.00959. The number of hydrogen-bond acceptors (Lipinski definition) is 22. The maximum Gasteiger partial charge on any atom is 0.407 e. The van der Waals surface area contributed by atoms with Crippen molar-refractivity contribution in [2.45, 2.75) is 155 Å². The van der Waals surface area contributed by atoms with Crippen molar-refractivity contribution in [2.24, 2.45) is 23.5 Å². The van der Waals surface area contributed by atoms with Crippen molar-refractivity contribution in [1.82, 2.24) is 57.7 Å². The second-order valence-electron chi connectivity index (χ2n) is 37.0. The van der Waals surface area contributed by atoms with Crippen LogP contribution in [0.3, 0.4) is 0 Å². The van der Waals surface area contributed by atoms with Gasteiger partial charge in [0.2, 0.25) is 17.7 Å². The minimum Gasteiger partial charge on any atom is -0.490 e. The fraction of sp³-hybridized carbons (Fsp3) is 0.374. The van der Waals surface area contributed by atoms with Crippen molar-refractivity contribution in [2.75, 3.05) is 105 Å². The lowest BCUT2D eigenvalue weighted by Gasteiger charge is -2.38. The summed E-state index contributed by atoms with van der Waals surface area (Å²) in [5.74, 6) is -4.96. The number of nitrogens with two attached hydrogens (primary N) is 1. The van der Waals surface area contributed by atoms with Crippen molar-refractivity contribution < 1.29 is 86.1 Å². The second kappa shape index (κ2) is 58.0. The molecule has 145 heavy (non-hydrogen) atoms. The Kier molecular flexibility index (Phi) is 43.3. The van der Waals surface area contributed by atoms with Gasteiger partial charge in [-0.25, -0.2) is 4.79 Å². The first-order valence-corrected chi connectivity index (χ1v) is 50.3. The molecule has 1 aliphatic heterocycles. The Labute approximate surface area is 850 Å². The normalized spacial score (nSPS) is 18.2. The van der Waals surface area contributed by atoms with Gasteiger partial charge >= 0.3 is 6.09 Å². The summed E-state index contributed by atoms with van der Waals surface area (Å²) in [4.78, 5) is 121. The summed E-state index contributed by atoms with van der Waals surface area (Å²) in [5.41, 5.74) is 13.3. The molecule has 9 aromatic rings. The van der Waals surface area contributed by atoms with Gasteiger partial charge in [0.15, 0.2) is 23.0 Å². The molecule has 8 amide bonds. The molecule has 0 aromatic heterocycles. The van der Waals surface area contributed by atoms with Crippen LogP contribution < -0.4 is 63.1 Å². The third-order valence-electron chi connectivity index (χ3n) is 25.0. The molecule has 9 aromatic carbocycles. The zero-order chi connectivity index (χ0) is 102. The number of aliphatic hydroxyl groups is 1. The number of benzene rings is 9. The minimum atomic E-state index is -1.31. The van der Waals surface area contributed by atoms with Gasteiger partial charge in [0.25, 0.3) is 23.6 Å². The molecule has 30 heteroatoms. The van der Waals surface area contributed by atoms with Crippen molar-refractivity contribution in [3.8, 4) is 11.5 Å². The van der Waals surface area contributed by atoms with E-state index in [0.717, 1.165) is 50.9 Å². The van der Waals surface area contributed by atoms with Crippen LogP contribution in [-0.2, 0) is 110 Å². The van der Waals surface area contributed by atoms with Crippen LogP contribution in [0.15, 0.2) is 313 Å². The lowest BCUT2D eigenvalue weighted by atomic mass is 9.81. The number of unbranched alkanes of at least 4 members (excludes halogenated alkanes) is 4. The minimum absolute atomic E-state index is 0.00547. The Morgan fingerprint density at radius 2 is 0.710 bits per heavy atom. The number of carbonyl (C=O) groups is 8. The van der Waals surface area contributed by atoms with E-state index in [0.29, 0.717) is 89.1 Å². The second-order valence-corrected chi connectivity index (χ2v) is 37.0. The van der Waals surface area contributed by atoms with Crippen molar-refractivity contribution in [1.29, 1.82) is 0 Å². The van der Waals surface area contributed by atoms with Crippen LogP contribution in [0.25, 0.3) is 0 Å². The van der Waals surface area contributed by atoms with Crippen molar-refractivity contribution in [3.63, 3.8) is 0 Å². The average molecular weight is 1980 g/mol. The number of amides is 8. The maximum absolute atomic E-state index is 15.4. The lowest BCUT2D eigenvalue weighted by molar-refractivity contribution is -0.154. The SMILES string of the molecule is CC(C)(C)OC(=O)NCCCCCNC(=O)C1C=CC(C(=O)NCCCCCNC(O)C2=C(OCc3ccccc3)C(OCc3ccccc3)C(C(=O)NCCN3CCNC(=O)C4=C(OCc5ccccc5)C(OCc5ccccc5)=C(CC4)C(=O)NCCN(CCN)CCNC(=O)c4ccc(c(OCc5ccccc5)c4OCc4ccccc4)C(=O)NCC3)C=C2)C(OCc2ccccc2)C1OCc1ccccc1. The molecule has 3 aliphatic carbocycles. The zero-order valence-corrected chi connectivity index (χ0v) is 83.1. The molecule has 12 N–H and O–H groups in total. The standard InChI is InChI=1S/C115H138N12O18/c1-115(2,3)145-114(136)125-62-33-13-32-61-119-107(129)91-51-50-90(98(137-74-82-34-14-4-15-35-82)99(91)138-75-83-36-16-5-17-37-83)106(128)117-59-30-12-31-60-118-108(130)92-52-53-93(101(140-77-85-40-20-7-21-41-85)100(92)139-76-84-38-18-6-19-39-84)111(133)122-65-71-127-72-66-123-112(134)96-56-54-94(102(141-78-86-42-22-8-23-43-86)104(96)143-80-88-46-26-10-27-47-88)109(131)120-63-69-126(68-58-116)70-64-121-110(132)95-55-57-97(113(135)124-67-73-127)105(144-81-89-48-28-11-29-49-89)103(95)142-79-87-44-24-9-25-45-87/h4-11,14-29,34-54,56,90-91,93,98-99,101,108,118,130H,12-13,30-33,55,57-81,116H2,1-3H3,(H,117,128)(H,119,129)(H,120,131)(H,121,132)(H,122,133)(H,123,134)(H,124,135)(H,125,136). The first kappa shape index (κ1) is 108. The molecule has 13 rings (SSSR count). The number of alkyl carbamates (subject to hydrolysis) is 1. The number of ether oxygens (including phenoxy) is 9. The molecule has 0 radical (unpaired) electrons. The van der Waals surface area contributed by atoms with Gasteiger partial charge in [-0.1, -0.05) is 273 Å². The zero-order valence-electron chi connectivity index (χ0n) is 83.1. The summed E-state index contributed by atoms with van der Waals surface area (Å²) in [6.45, 7) is 9.84. The number of nitrogens with zero attached hydrogens (tertiary/aromatic N) is 2. The van der Waals surface area contributed by atoms with Crippen LogP contribution >= 0.6 is 0 Å². The highest BCUT2D eigenvalue weighted by atomic mass is 16.6. The van der Waals surface area contributed by atoms with E-state index in [1.165, 1.54) is 0 Å². The predicted octanol–water partition coefficient (Wildman–Crippen LogP) is 13.2. The summed E-state index contributed by atoms with van der Waals surface area (Å²) in [5, 5.41) is 40.4. The van der Waals surface area contributed by atoms with Gasteiger partial charge in [0.05, 0.1) is 59.8 Å². The maximum atomic E-state index is 15.4. The van der Waals surface area contributed by atoms with Crippen LogP contribution in [0.2, 0.25) is 0 Å². The van der Waals surface area contributed by atoms with Gasteiger partial charge < -0.3 is 96.0 Å². The Bertz CT molecular complexity index is 5760. The highest BCUT2D eigenvalue weighted by molar-refractivity contribution is 6.03. The Morgan fingerprint density at radius 1 is 0.379 bits per heavy atom. The van der Waals surface area contributed by atoms with Crippen LogP contribution in [-0.4, -0.2) is 197 Å². The lowest BCUT2D eigenvalue weighted by Crippen LogP contribution is -2.53. The van der Waals surface area contributed by atoms with Gasteiger partial charge in [-0.05, 0) is 129 Å². The predicted molar refractivity (Wildman–Crippen MR) is 553 cm³/mol. The first-order chi connectivity index (χ1) is 70.8. The van der Waals surface area contributed by atoms with Gasteiger partial charge in [0.1, 0.15) is 68.9 Å². The van der Waals surface area contributed by atoms with E-state index in [-0.39, 0.29) is 182 Å². The number of aliphatic hydroxyl groups excluding tert-OH is 1. The molecular weight excluding hydrogens is 1840 g/mol. The molecule has 1 heterocycles. The van der Waals surface area contributed by atoms with Crippen LogP contribution in [0.5, 0.6) is 11.5 Å². The molecule has 30 nitrogen and oxygen atoms in total. The van der Waals surface area contributed by atoms with E-state index in [1.54, 1.807) is 36.4 Å². The highest BCUT2D eigenvalue weighted by Gasteiger charge is 2.45. The van der Waals surface area contributed by atoms with E-state index in [1.807, 2.05) is 273 Å². The van der Waals surface area contributed by atoms with E-state index >= 15 is 14.4 Å². The van der Waals surface area contributed by atoms with Gasteiger partial charge in [-0.3, -0.25) is 48.7 Å². The van der Waals surface area contributed by atoms with E-state index in [9.17, 15) is 29.1 Å². The molecule has 7 atom stereocenters. The van der Waals surface area contributed by atoms with E-state index < -0.39 is 83.5 Å². The van der Waals surface area contributed by atoms with Gasteiger partial charge in [0, 0.05) is 104 Å². The van der Waals surface area contributed by atoms with Crippen LogP contribution in [0.1, 0.15) is 137 Å². The van der Waals surface area contributed by atoms with Gasteiger partial charge in [-0.15, -0.1) is 0 Å². The number of fused-ring (bicyclic) bond motifs is 4. The fourth-order valence-electron chi connectivity index (χ4n) is 17.3. The van der Waals surface area contributed by atoms with Gasteiger partial charge in [-0.2, -0.15) is 0 Å². The van der Waals surface area contributed by atoms with E-state index in [2.05, 4.69) is 47.9 Å². The summed E-state index contributed by atoms with van der Waals surface area (Å²) in [6.07, 6.45) is 6.41. The fourth-order valence-corrected chi connectivity index (χ4v) is 17.3. The average Bonchev–Trinajstić information content (AvgIpc) is 0.804. The molecule has 4 aliphatic rings. The number of rotatable bonds is 46. The first-order valence-electron chi connectivity index (χ1n) is 50.3. The van der Waals surface area contributed by atoms with Crippen molar-refractivity contribution in [3.05, 3.63) is 369 Å². The molecule has 0 spiro atoms. The number of nitrogens with one attached hydrogen (secondary N) is 9. The molecule has 7 unspecified atom stereocenters. The smallest absolute Gasteiger partial charge is 0.407 e. The number of carbonyl (C=O) groups excluding carboxylic acids is 8. The highest BCUT2D eigenvalue weighted by Crippen LogP contribution is 2.40. The molecule has 0 fully saturated rings. The Balaban J connectivity index is 0.722. The van der Waals surface area contributed by atoms with Crippen LogP contribution in [0, 0.1) is 17.8 Å². The Morgan fingerprint density at radius 3 is 1.10 bits per heavy atom. The Hall–Kier alpha value is -14.1. The number of hydrogen-bond donors (Lipinski definition) is 11. The third-order valence-corrected chi connectivity index (χ3v) is 25.0. The summed E-state index contributed by atoms with van der Waals surface area (Å²) in [7, 11) is 0. The summed E-state index contributed by atoms with van der Waals surface area (Å²) < 4.78 is 59.1. The molecule has 0 saturated carbocycles. The monoisotopic (exact) mass is 1980 g/mol. The summed E-state index contributed by atoms with van der Waals surface area (Å²) >= 11 is 0. The molecular formula is C115H138N12O18. The molecule has 0 saturated heterocycles. The molecule has 766 valence electrons. The van der Waals surface area contributed by atoms with Crippen molar-refractivity contribution >= 4 is 47.4 Å².